The third kappa shape index (κ3) is 5.59. The summed E-state index contributed by atoms with van der Waals surface area (Å²) in [6.07, 6.45) is 5.39. The summed E-state index contributed by atoms with van der Waals surface area (Å²) in [5, 5.41) is 3.26. The molecule has 166 valence electrons. The normalized spacial score (nSPS) is 22.4. The zero-order chi connectivity index (χ0) is 20.9. The molecule has 7 nitrogen and oxygen atoms in total. The number of aromatic nitrogens is 1. The lowest BCUT2D eigenvalue weighted by Crippen LogP contribution is -2.53. The maximum absolute atomic E-state index is 13.0. The Bertz CT molecular complexity index is 717. The molecular formula is C22H35N5O2S. The second-order valence-corrected chi connectivity index (χ2v) is 10.0. The van der Waals surface area contributed by atoms with Gasteiger partial charge in [0.25, 0.3) is 0 Å². The molecule has 1 aromatic rings. The van der Waals surface area contributed by atoms with Gasteiger partial charge in [-0.15, -0.1) is 11.3 Å². The van der Waals surface area contributed by atoms with E-state index in [1.165, 1.54) is 6.42 Å². The van der Waals surface area contributed by atoms with Crippen LogP contribution in [-0.4, -0.2) is 95.3 Å². The van der Waals surface area contributed by atoms with E-state index in [0.717, 1.165) is 95.3 Å². The monoisotopic (exact) mass is 433 g/mol. The van der Waals surface area contributed by atoms with Crippen LogP contribution in [-0.2, 0) is 16.1 Å². The highest BCUT2D eigenvalue weighted by Crippen LogP contribution is 2.22. The summed E-state index contributed by atoms with van der Waals surface area (Å²) >= 11 is 1.70. The molecule has 3 saturated heterocycles. The Kier molecular flexibility index (Phi) is 7.38. The van der Waals surface area contributed by atoms with Crippen LogP contribution in [0.3, 0.4) is 0 Å². The molecule has 3 aliphatic rings. The standard InChI is InChI=1S/C22H35N5O2S/c1-18-23-20(17-30-18)15-24-9-5-19(6-10-24)22(29)27-13-11-25(12-14-27)16-21(28)26-7-3-2-4-8-26/h17,19H,2-16H2,1H3. The Labute approximate surface area is 184 Å². The predicted molar refractivity (Wildman–Crippen MR) is 118 cm³/mol. The van der Waals surface area contributed by atoms with Crippen molar-refractivity contribution in [2.24, 2.45) is 5.92 Å². The minimum absolute atomic E-state index is 0.153. The van der Waals surface area contributed by atoms with Crippen LogP contribution in [0.2, 0.25) is 0 Å². The lowest BCUT2D eigenvalue weighted by Gasteiger charge is -2.39. The number of carbonyl (C=O) groups is 2. The van der Waals surface area contributed by atoms with Crippen LogP contribution >= 0.6 is 11.3 Å². The van der Waals surface area contributed by atoms with E-state index < -0.39 is 0 Å². The van der Waals surface area contributed by atoms with Crippen molar-refractivity contribution in [1.82, 2.24) is 24.6 Å². The fraction of sp³-hybridized carbons (Fsp3) is 0.773. The summed E-state index contributed by atoms with van der Waals surface area (Å²) in [6.45, 7) is 10.4. The van der Waals surface area contributed by atoms with E-state index in [9.17, 15) is 9.59 Å². The molecular weight excluding hydrogens is 398 g/mol. The Balaban J connectivity index is 1.17. The van der Waals surface area contributed by atoms with Crippen molar-refractivity contribution in [3.8, 4) is 0 Å². The first kappa shape index (κ1) is 21.7. The van der Waals surface area contributed by atoms with Gasteiger partial charge in [-0.2, -0.15) is 0 Å². The molecule has 0 aliphatic carbocycles. The molecule has 8 heteroatoms. The second kappa shape index (κ2) is 10.2. The fourth-order valence-corrected chi connectivity index (χ4v) is 5.47. The lowest BCUT2D eigenvalue weighted by molar-refractivity contribution is -0.139. The first-order valence-corrected chi connectivity index (χ1v) is 12.4. The molecule has 0 bridgehead atoms. The van der Waals surface area contributed by atoms with E-state index in [1.807, 2.05) is 16.7 Å². The Morgan fingerprint density at radius 1 is 0.933 bits per heavy atom. The fourth-order valence-electron chi connectivity index (χ4n) is 4.87. The van der Waals surface area contributed by atoms with Crippen molar-refractivity contribution in [3.63, 3.8) is 0 Å². The van der Waals surface area contributed by atoms with E-state index in [0.29, 0.717) is 12.5 Å². The maximum atomic E-state index is 13.0. The highest BCUT2D eigenvalue weighted by atomic mass is 32.1. The molecule has 0 unspecified atom stereocenters. The van der Waals surface area contributed by atoms with Crippen molar-refractivity contribution in [1.29, 1.82) is 0 Å². The number of thiazole rings is 1. The Morgan fingerprint density at radius 2 is 1.63 bits per heavy atom. The first-order valence-electron chi connectivity index (χ1n) is 11.5. The van der Waals surface area contributed by atoms with Gasteiger partial charge in [0, 0.05) is 57.1 Å². The molecule has 3 fully saturated rings. The van der Waals surface area contributed by atoms with E-state index in [4.69, 9.17) is 0 Å². The number of carbonyl (C=O) groups excluding carboxylic acids is 2. The van der Waals surface area contributed by atoms with Gasteiger partial charge < -0.3 is 9.80 Å². The van der Waals surface area contributed by atoms with Crippen molar-refractivity contribution in [2.75, 3.05) is 58.9 Å². The van der Waals surface area contributed by atoms with Gasteiger partial charge in [-0.05, 0) is 52.1 Å². The number of piperazine rings is 1. The second-order valence-electron chi connectivity index (χ2n) is 8.95. The van der Waals surface area contributed by atoms with Crippen molar-refractivity contribution in [3.05, 3.63) is 16.1 Å². The van der Waals surface area contributed by atoms with Crippen LogP contribution in [0.4, 0.5) is 0 Å². The van der Waals surface area contributed by atoms with Gasteiger partial charge in [-0.3, -0.25) is 19.4 Å². The van der Waals surface area contributed by atoms with Gasteiger partial charge in [0.05, 0.1) is 17.2 Å². The SMILES string of the molecule is Cc1nc(CN2CCC(C(=O)N3CCN(CC(=O)N4CCCCC4)CC3)CC2)cs1. The third-order valence-electron chi connectivity index (χ3n) is 6.74. The molecule has 1 aromatic heterocycles. The number of amides is 2. The smallest absolute Gasteiger partial charge is 0.236 e. The minimum Gasteiger partial charge on any atom is -0.342 e. The van der Waals surface area contributed by atoms with Crippen LogP contribution in [0.15, 0.2) is 5.38 Å². The zero-order valence-corrected chi connectivity index (χ0v) is 19.0. The molecule has 4 rings (SSSR count). The number of aryl methyl sites for hydroxylation is 1. The summed E-state index contributed by atoms with van der Waals surface area (Å²) in [7, 11) is 0. The summed E-state index contributed by atoms with van der Waals surface area (Å²) in [5.74, 6) is 0.735. The molecule has 0 saturated carbocycles. The van der Waals surface area contributed by atoms with E-state index in [1.54, 1.807) is 11.3 Å². The van der Waals surface area contributed by atoms with E-state index in [-0.39, 0.29) is 11.8 Å². The van der Waals surface area contributed by atoms with Gasteiger partial charge in [-0.1, -0.05) is 0 Å². The number of hydrogen-bond acceptors (Lipinski definition) is 6. The molecule has 0 spiro atoms. The van der Waals surface area contributed by atoms with Gasteiger partial charge in [-0.25, -0.2) is 4.98 Å². The molecule has 0 radical (unpaired) electrons. The quantitative estimate of drug-likeness (QED) is 0.709. The van der Waals surface area contributed by atoms with Crippen LogP contribution in [0.5, 0.6) is 0 Å². The van der Waals surface area contributed by atoms with Gasteiger partial charge >= 0.3 is 0 Å². The van der Waals surface area contributed by atoms with Crippen molar-refractivity contribution >= 4 is 23.2 Å². The molecule has 0 aromatic carbocycles. The number of piperidine rings is 2. The lowest BCUT2D eigenvalue weighted by atomic mass is 9.95. The van der Waals surface area contributed by atoms with Crippen LogP contribution in [0.1, 0.15) is 42.8 Å². The number of hydrogen-bond donors (Lipinski definition) is 0. The maximum Gasteiger partial charge on any atom is 0.236 e. The van der Waals surface area contributed by atoms with Crippen LogP contribution < -0.4 is 0 Å². The van der Waals surface area contributed by atoms with Crippen molar-refractivity contribution < 1.29 is 9.59 Å². The highest BCUT2D eigenvalue weighted by Gasteiger charge is 2.31. The molecule has 3 aliphatic heterocycles. The average molecular weight is 434 g/mol. The summed E-state index contributed by atoms with van der Waals surface area (Å²) < 4.78 is 0. The van der Waals surface area contributed by atoms with Crippen LogP contribution in [0.25, 0.3) is 0 Å². The minimum atomic E-state index is 0.153. The molecule has 30 heavy (non-hydrogen) atoms. The van der Waals surface area contributed by atoms with Gasteiger partial charge in [0.1, 0.15) is 0 Å². The van der Waals surface area contributed by atoms with Crippen molar-refractivity contribution in [2.45, 2.75) is 45.6 Å². The Hall–Kier alpha value is -1.51. The summed E-state index contributed by atoms with van der Waals surface area (Å²) in [6, 6.07) is 0. The van der Waals surface area contributed by atoms with E-state index in [2.05, 4.69) is 20.2 Å². The molecule has 0 N–H and O–H groups in total. The average Bonchev–Trinajstić information content (AvgIpc) is 3.19. The van der Waals surface area contributed by atoms with E-state index >= 15 is 0 Å². The zero-order valence-electron chi connectivity index (χ0n) is 18.2. The van der Waals surface area contributed by atoms with Gasteiger partial charge in [0.15, 0.2) is 0 Å². The number of likely N-dealkylation sites (tertiary alicyclic amines) is 2. The largest absolute Gasteiger partial charge is 0.342 e. The number of rotatable bonds is 5. The number of nitrogens with zero attached hydrogens (tertiary/aromatic N) is 5. The van der Waals surface area contributed by atoms with Crippen LogP contribution in [0, 0.1) is 12.8 Å². The highest BCUT2D eigenvalue weighted by molar-refractivity contribution is 7.09. The Morgan fingerprint density at radius 3 is 2.27 bits per heavy atom. The predicted octanol–water partition coefficient (Wildman–Crippen LogP) is 1.82. The molecule has 4 heterocycles. The first-order chi connectivity index (χ1) is 14.6. The third-order valence-corrected chi connectivity index (χ3v) is 7.56. The van der Waals surface area contributed by atoms with Gasteiger partial charge in [0.2, 0.25) is 11.8 Å². The summed E-state index contributed by atoms with van der Waals surface area (Å²) in [4.78, 5) is 38.7. The summed E-state index contributed by atoms with van der Waals surface area (Å²) in [5.41, 5.74) is 1.15. The topological polar surface area (TPSA) is 60.0 Å². The molecule has 0 atom stereocenters. The molecule has 2 amide bonds.